The van der Waals surface area contributed by atoms with E-state index in [0.29, 0.717) is 0 Å². The molecule has 1 aromatic heterocycles. The predicted octanol–water partition coefficient (Wildman–Crippen LogP) is 3.97. The van der Waals surface area contributed by atoms with E-state index in [9.17, 15) is 17.6 Å². The topological polar surface area (TPSA) is 36.7 Å². The lowest BCUT2D eigenvalue weighted by Gasteiger charge is -2.10. The summed E-state index contributed by atoms with van der Waals surface area (Å²) in [6.07, 6.45) is -3.68. The van der Waals surface area contributed by atoms with Gasteiger partial charge in [-0.15, -0.1) is 0 Å². The lowest BCUT2D eigenvalue weighted by Crippen LogP contribution is -2.05. The molecular formula is C14H8F4N2. The van der Waals surface area contributed by atoms with Gasteiger partial charge < -0.3 is 0 Å². The molecule has 2 nitrogen and oxygen atoms in total. The van der Waals surface area contributed by atoms with E-state index in [1.807, 2.05) is 6.07 Å². The van der Waals surface area contributed by atoms with Crippen molar-refractivity contribution in [1.29, 1.82) is 5.26 Å². The van der Waals surface area contributed by atoms with E-state index in [1.165, 1.54) is 12.1 Å². The fraction of sp³-hybridized carbons (Fsp3) is 0.143. The molecule has 0 aliphatic heterocycles. The van der Waals surface area contributed by atoms with E-state index in [-0.39, 0.29) is 23.2 Å². The molecule has 2 aromatic rings. The average Bonchev–Trinajstić information content (AvgIpc) is 2.38. The van der Waals surface area contributed by atoms with Gasteiger partial charge in [0.05, 0.1) is 29.9 Å². The van der Waals surface area contributed by atoms with Crippen LogP contribution < -0.4 is 0 Å². The summed E-state index contributed by atoms with van der Waals surface area (Å²) in [4.78, 5) is 3.80. The standard InChI is InChI=1S/C14H8F4N2/c15-12-7-10(4-5-19)13(20-8-12)9-2-1-3-11(6-9)14(16,17)18/h1-3,6-8H,4H2. The van der Waals surface area contributed by atoms with Crippen LogP contribution in [-0.4, -0.2) is 4.98 Å². The maximum atomic E-state index is 13.1. The molecule has 0 aliphatic rings. The SMILES string of the molecule is N#CCc1cc(F)cnc1-c1cccc(C(F)(F)F)c1. The minimum atomic E-state index is -4.47. The molecule has 0 radical (unpaired) electrons. The Bertz CT molecular complexity index is 672. The Morgan fingerprint density at radius 1 is 1.20 bits per heavy atom. The van der Waals surface area contributed by atoms with Gasteiger partial charge in [0.2, 0.25) is 0 Å². The van der Waals surface area contributed by atoms with Crippen LogP contribution in [0.15, 0.2) is 36.5 Å². The van der Waals surface area contributed by atoms with Crippen molar-refractivity contribution in [2.75, 3.05) is 0 Å². The Hall–Kier alpha value is -2.42. The first-order chi connectivity index (χ1) is 9.41. The Balaban J connectivity index is 2.55. The lowest BCUT2D eigenvalue weighted by molar-refractivity contribution is -0.137. The van der Waals surface area contributed by atoms with Crippen molar-refractivity contribution in [2.24, 2.45) is 0 Å². The van der Waals surface area contributed by atoms with Crippen molar-refractivity contribution < 1.29 is 17.6 Å². The van der Waals surface area contributed by atoms with Crippen molar-refractivity contribution >= 4 is 0 Å². The van der Waals surface area contributed by atoms with Crippen LogP contribution in [0, 0.1) is 17.1 Å². The maximum Gasteiger partial charge on any atom is 0.416 e. The minimum absolute atomic E-state index is 0.129. The van der Waals surface area contributed by atoms with Crippen LogP contribution in [0.5, 0.6) is 0 Å². The smallest absolute Gasteiger partial charge is 0.253 e. The van der Waals surface area contributed by atoms with Gasteiger partial charge in [-0.05, 0) is 23.8 Å². The van der Waals surface area contributed by atoms with Crippen molar-refractivity contribution in [3.05, 3.63) is 53.5 Å². The maximum absolute atomic E-state index is 13.1. The first kappa shape index (κ1) is 14.0. The summed E-state index contributed by atoms with van der Waals surface area (Å²) in [5.41, 5.74) is -0.181. The summed E-state index contributed by atoms with van der Waals surface area (Å²) in [6.45, 7) is 0. The van der Waals surface area contributed by atoms with Gasteiger partial charge in [0.1, 0.15) is 5.82 Å². The highest BCUT2D eigenvalue weighted by Crippen LogP contribution is 2.32. The number of nitriles is 1. The van der Waals surface area contributed by atoms with Gasteiger partial charge in [-0.2, -0.15) is 18.4 Å². The number of halogens is 4. The van der Waals surface area contributed by atoms with E-state index in [2.05, 4.69) is 4.98 Å². The molecule has 0 N–H and O–H groups in total. The summed E-state index contributed by atoms with van der Waals surface area (Å²) in [7, 11) is 0. The van der Waals surface area contributed by atoms with Crippen LogP contribution in [0.4, 0.5) is 17.6 Å². The fourth-order valence-electron chi connectivity index (χ4n) is 1.80. The predicted molar refractivity (Wildman–Crippen MR) is 64.0 cm³/mol. The first-order valence-electron chi connectivity index (χ1n) is 5.61. The number of alkyl halides is 3. The molecule has 2 rings (SSSR count). The molecule has 0 saturated heterocycles. The van der Waals surface area contributed by atoms with Gasteiger partial charge >= 0.3 is 6.18 Å². The molecule has 6 heteroatoms. The van der Waals surface area contributed by atoms with Gasteiger partial charge in [-0.25, -0.2) is 4.39 Å². The molecule has 0 aliphatic carbocycles. The first-order valence-corrected chi connectivity index (χ1v) is 5.61. The Morgan fingerprint density at radius 3 is 2.60 bits per heavy atom. The quantitative estimate of drug-likeness (QED) is 0.780. The molecule has 0 spiro atoms. The highest BCUT2D eigenvalue weighted by molar-refractivity contribution is 5.64. The molecular weight excluding hydrogens is 272 g/mol. The van der Waals surface area contributed by atoms with Gasteiger partial charge in [0.15, 0.2) is 0 Å². The summed E-state index contributed by atoms with van der Waals surface area (Å²) in [5, 5.41) is 8.69. The number of aromatic nitrogens is 1. The monoisotopic (exact) mass is 280 g/mol. The number of hydrogen-bond acceptors (Lipinski definition) is 2. The highest BCUT2D eigenvalue weighted by atomic mass is 19.4. The summed E-state index contributed by atoms with van der Waals surface area (Å²) in [5.74, 6) is -0.633. The zero-order chi connectivity index (χ0) is 14.8. The Labute approximate surface area is 112 Å². The third-order valence-electron chi connectivity index (χ3n) is 2.67. The van der Waals surface area contributed by atoms with E-state index in [4.69, 9.17) is 5.26 Å². The molecule has 0 fully saturated rings. The molecule has 0 saturated carbocycles. The summed E-state index contributed by atoms with van der Waals surface area (Å²) < 4.78 is 51.1. The number of hydrogen-bond donors (Lipinski definition) is 0. The molecule has 1 aromatic carbocycles. The molecule has 0 atom stereocenters. The van der Waals surface area contributed by atoms with Gasteiger partial charge in [-0.1, -0.05) is 12.1 Å². The zero-order valence-corrected chi connectivity index (χ0v) is 10.1. The normalized spacial score (nSPS) is 11.2. The lowest BCUT2D eigenvalue weighted by atomic mass is 10.0. The molecule has 1 heterocycles. The zero-order valence-electron chi connectivity index (χ0n) is 10.1. The van der Waals surface area contributed by atoms with Gasteiger partial charge in [0.25, 0.3) is 0 Å². The van der Waals surface area contributed by atoms with Crippen LogP contribution in [0.25, 0.3) is 11.3 Å². The fourth-order valence-corrected chi connectivity index (χ4v) is 1.80. The summed E-state index contributed by atoms with van der Waals surface area (Å²) in [6, 6.07) is 7.50. The number of benzene rings is 1. The van der Waals surface area contributed by atoms with Crippen LogP contribution in [0.1, 0.15) is 11.1 Å². The third kappa shape index (κ3) is 2.94. The van der Waals surface area contributed by atoms with E-state index >= 15 is 0 Å². The van der Waals surface area contributed by atoms with Crippen LogP contribution in [0.3, 0.4) is 0 Å². The largest absolute Gasteiger partial charge is 0.416 e. The molecule has 20 heavy (non-hydrogen) atoms. The number of pyridine rings is 1. The van der Waals surface area contributed by atoms with E-state index in [1.54, 1.807) is 0 Å². The average molecular weight is 280 g/mol. The third-order valence-corrected chi connectivity index (χ3v) is 2.67. The molecule has 102 valence electrons. The van der Waals surface area contributed by atoms with E-state index in [0.717, 1.165) is 24.4 Å². The van der Waals surface area contributed by atoms with Crippen LogP contribution >= 0.6 is 0 Å². The number of rotatable bonds is 2. The van der Waals surface area contributed by atoms with Crippen LogP contribution in [-0.2, 0) is 12.6 Å². The minimum Gasteiger partial charge on any atom is -0.253 e. The van der Waals surface area contributed by atoms with Crippen LogP contribution in [0.2, 0.25) is 0 Å². The van der Waals surface area contributed by atoms with Crippen molar-refractivity contribution in [1.82, 2.24) is 4.98 Å². The summed E-state index contributed by atoms with van der Waals surface area (Å²) >= 11 is 0. The van der Waals surface area contributed by atoms with Gasteiger partial charge in [0, 0.05) is 5.56 Å². The molecule has 0 unspecified atom stereocenters. The second-order valence-corrected chi connectivity index (χ2v) is 4.07. The Morgan fingerprint density at radius 2 is 1.95 bits per heavy atom. The van der Waals surface area contributed by atoms with E-state index < -0.39 is 17.6 Å². The highest BCUT2D eigenvalue weighted by Gasteiger charge is 2.30. The molecule has 0 bridgehead atoms. The second kappa shape index (κ2) is 5.29. The Kier molecular flexibility index (Phi) is 3.70. The van der Waals surface area contributed by atoms with Gasteiger partial charge in [-0.3, -0.25) is 4.98 Å². The van der Waals surface area contributed by atoms with Crippen molar-refractivity contribution in [3.8, 4) is 17.3 Å². The van der Waals surface area contributed by atoms with Crippen molar-refractivity contribution in [3.63, 3.8) is 0 Å². The van der Waals surface area contributed by atoms with Crippen molar-refractivity contribution in [2.45, 2.75) is 12.6 Å². The number of nitrogens with zero attached hydrogens (tertiary/aromatic N) is 2. The molecule has 0 amide bonds. The second-order valence-electron chi connectivity index (χ2n) is 4.07.